The number of nitrogens with zero attached hydrogens (tertiary/aromatic N) is 2. The van der Waals surface area contributed by atoms with E-state index in [4.69, 9.17) is 0 Å². The first-order valence-electron chi connectivity index (χ1n) is 6.32. The lowest BCUT2D eigenvalue weighted by Crippen LogP contribution is -2.37. The van der Waals surface area contributed by atoms with Crippen molar-refractivity contribution in [1.29, 1.82) is 0 Å². The van der Waals surface area contributed by atoms with Crippen LogP contribution in [0.25, 0.3) is 0 Å². The Balaban J connectivity index is 2.62. The molecule has 0 aliphatic carbocycles. The van der Waals surface area contributed by atoms with Crippen LogP contribution < -0.4 is 15.4 Å². The third kappa shape index (κ3) is 5.10. The Bertz CT molecular complexity index is 529. The lowest BCUT2D eigenvalue weighted by Gasteiger charge is -2.07. The minimum atomic E-state index is -3.78. The Kier molecular flexibility index (Phi) is 6.32. The van der Waals surface area contributed by atoms with Gasteiger partial charge in [-0.3, -0.25) is 4.79 Å². The monoisotopic (exact) mass is 301 g/mol. The van der Waals surface area contributed by atoms with Crippen molar-refractivity contribution in [2.24, 2.45) is 0 Å². The van der Waals surface area contributed by atoms with Crippen molar-refractivity contribution in [2.75, 3.05) is 25.0 Å². The molecule has 0 spiro atoms. The van der Waals surface area contributed by atoms with Crippen LogP contribution in [0.3, 0.4) is 0 Å². The second-order valence-corrected chi connectivity index (χ2v) is 5.71. The van der Waals surface area contributed by atoms with Crippen LogP contribution in [0.5, 0.6) is 0 Å². The first-order chi connectivity index (χ1) is 9.49. The first-order valence-corrected chi connectivity index (χ1v) is 7.80. The van der Waals surface area contributed by atoms with E-state index in [2.05, 4.69) is 25.3 Å². The first kappa shape index (κ1) is 16.3. The normalized spacial score (nSPS) is 11.1. The lowest BCUT2D eigenvalue weighted by atomic mass is 10.5. The molecule has 1 amide bonds. The van der Waals surface area contributed by atoms with Gasteiger partial charge in [-0.1, -0.05) is 6.92 Å². The summed E-state index contributed by atoms with van der Waals surface area (Å²) < 4.78 is 26.0. The summed E-state index contributed by atoms with van der Waals surface area (Å²) in [6.45, 7) is 4.64. The molecule has 0 bridgehead atoms. The third-order valence-electron chi connectivity index (χ3n) is 2.27. The highest BCUT2D eigenvalue weighted by Gasteiger charge is 2.16. The molecule has 0 aliphatic heterocycles. The summed E-state index contributed by atoms with van der Waals surface area (Å²) >= 11 is 0. The van der Waals surface area contributed by atoms with Crippen LogP contribution in [0, 0.1) is 0 Å². The van der Waals surface area contributed by atoms with Gasteiger partial charge in [0, 0.05) is 13.1 Å². The van der Waals surface area contributed by atoms with Gasteiger partial charge in [-0.25, -0.2) is 23.1 Å². The molecule has 0 aromatic carbocycles. The maximum atomic E-state index is 11.9. The van der Waals surface area contributed by atoms with Gasteiger partial charge >= 0.3 is 0 Å². The number of rotatable bonds is 8. The van der Waals surface area contributed by atoms with Gasteiger partial charge in [0.05, 0.1) is 18.9 Å². The van der Waals surface area contributed by atoms with Gasteiger partial charge in [0.1, 0.15) is 4.90 Å². The van der Waals surface area contributed by atoms with Crippen molar-refractivity contribution in [3.05, 3.63) is 12.4 Å². The molecular weight excluding hydrogens is 282 g/mol. The molecule has 1 aromatic heterocycles. The van der Waals surface area contributed by atoms with Crippen LogP contribution in [-0.2, 0) is 14.8 Å². The van der Waals surface area contributed by atoms with E-state index in [-0.39, 0.29) is 17.3 Å². The van der Waals surface area contributed by atoms with Crippen LogP contribution in [0.1, 0.15) is 20.3 Å². The third-order valence-corrected chi connectivity index (χ3v) is 3.62. The van der Waals surface area contributed by atoms with Crippen LogP contribution in [0.2, 0.25) is 0 Å². The Hall–Kier alpha value is -1.74. The van der Waals surface area contributed by atoms with Crippen molar-refractivity contribution in [2.45, 2.75) is 25.2 Å². The summed E-state index contributed by atoms with van der Waals surface area (Å²) in [5.74, 6) is -0.0206. The smallest absolute Gasteiger partial charge is 0.244 e. The van der Waals surface area contributed by atoms with Crippen molar-refractivity contribution >= 4 is 21.9 Å². The van der Waals surface area contributed by atoms with Crippen molar-refractivity contribution in [1.82, 2.24) is 20.0 Å². The van der Waals surface area contributed by atoms with E-state index in [1.807, 2.05) is 13.8 Å². The number of nitrogens with one attached hydrogen (secondary N) is 3. The van der Waals surface area contributed by atoms with Crippen molar-refractivity contribution < 1.29 is 13.2 Å². The molecule has 20 heavy (non-hydrogen) atoms. The summed E-state index contributed by atoms with van der Waals surface area (Å²) in [7, 11) is -3.78. The van der Waals surface area contributed by atoms with Gasteiger partial charge in [0.15, 0.2) is 0 Å². The van der Waals surface area contributed by atoms with Gasteiger partial charge in [-0.15, -0.1) is 0 Å². The fourth-order valence-corrected chi connectivity index (χ4v) is 2.15. The highest BCUT2D eigenvalue weighted by Crippen LogP contribution is 2.06. The minimum absolute atomic E-state index is 0.0811. The topological polar surface area (TPSA) is 113 Å². The van der Waals surface area contributed by atoms with E-state index < -0.39 is 10.0 Å². The molecule has 1 heterocycles. The molecule has 0 fully saturated rings. The number of hydrogen-bond acceptors (Lipinski definition) is 6. The molecule has 0 saturated heterocycles. The van der Waals surface area contributed by atoms with E-state index in [0.717, 1.165) is 6.42 Å². The summed E-state index contributed by atoms with van der Waals surface area (Å²) in [6.07, 6.45) is 3.17. The average Bonchev–Trinajstić information content (AvgIpc) is 2.44. The lowest BCUT2D eigenvalue weighted by molar-refractivity contribution is -0.119. The highest BCUT2D eigenvalue weighted by molar-refractivity contribution is 7.89. The molecule has 0 atom stereocenters. The zero-order valence-electron chi connectivity index (χ0n) is 11.5. The Morgan fingerprint density at radius 1 is 1.25 bits per heavy atom. The predicted molar refractivity (Wildman–Crippen MR) is 74.7 cm³/mol. The fourth-order valence-electron chi connectivity index (χ4n) is 1.28. The Morgan fingerprint density at radius 2 is 1.90 bits per heavy atom. The number of carbonyl (C=O) groups excluding carboxylic acids is 1. The van der Waals surface area contributed by atoms with Crippen molar-refractivity contribution in [3.8, 4) is 0 Å². The maximum absolute atomic E-state index is 11.9. The van der Waals surface area contributed by atoms with E-state index >= 15 is 0 Å². The van der Waals surface area contributed by atoms with E-state index in [1.54, 1.807) is 0 Å². The number of anilines is 1. The highest BCUT2D eigenvalue weighted by atomic mass is 32.2. The molecule has 9 heteroatoms. The second kappa shape index (κ2) is 7.75. The summed E-state index contributed by atoms with van der Waals surface area (Å²) in [5, 5.41) is 5.43. The van der Waals surface area contributed by atoms with Gasteiger partial charge in [-0.2, -0.15) is 0 Å². The molecule has 8 nitrogen and oxygen atoms in total. The maximum Gasteiger partial charge on any atom is 0.244 e. The number of amides is 1. The van der Waals surface area contributed by atoms with Crippen LogP contribution in [0.4, 0.5) is 5.95 Å². The number of hydrogen-bond donors (Lipinski definition) is 3. The van der Waals surface area contributed by atoms with Gasteiger partial charge in [0.25, 0.3) is 0 Å². The standard InChI is InChI=1S/C11H19N5O3S/c1-3-5-13-10(17)8-16-20(18,19)9-6-14-11(12-4-2)15-7-9/h6-7,16H,3-5,8H2,1-2H3,(H,13,17)(H,12,14,15). The molecule has 0 radical (unpaired) electrons. The fraction of sp³-hybridized carbons (Fsp3) is 0.545. The Labute approximate surface area is 118 Å². The van der Waals surface area contributed by atoms with Crippen molar-refractivity contribution in [3.63, 3.8) is 0 Å². The molecule has 0 saturated carbocycles. The predicted octanol–water partition coefficient (Wildman–Crippen LogP) is -0.287. The van der Waals surface area contributed by atoms with E-state index in [9.17, 15) is 13.2 Å². The van der Waals surface area contributed by atoms with Crippen LogP contribution >= 0.6 is 0 Å². The summed E-state index contributed by atoms with van der Waals surface area (Å²) in [6, 6.07) is 0. The SMILES string of the molecule is CCCNC(=O)CNS(=O)(=O)c1cnc(NCC)nc1. The number of sulfonamides is 1. The zero-order valence-corrected chi connectivity index (χ0v) is 12.3. The summed E-state index contributed by atoms with van der Waals surface area (Å²) in [5.41, 5.74) is 0. The molecule has 1 aromatic rings. The van der Waals surface area contributed by atoms with Gasteiger partial charge in [0.2, 0.25) is 21.9 Å². The quantitative estimate of drug-likeness (QED) is 0.608. The number of carbonyl (C=O) groups is 1. The van der Waals surface area contributed by atoms with Crippen LogP contribution in [-0.4, -0.2) is 43.9 Å². The average molecular weight is 301 g/mol. The molecule has 1 rings (SSSR count). The van der Waals surface area contributed by atoms with E-state index in [0.29, 0.717) is 19.0 Å². The minimum Gasteiger partial charge on any atom is -0.355 e. The van der Waals surface area contributed by atoms with Gasteiger partial charge in [-0.05, 0) is 13.3 Å². The molecule has 112 valence electrons. The molecule has 0 aliphatic rings. The van der Waals surface area contributed by atoms with Crippen LogP contribution in [0.15, 0.2) is 17.3 Å². The zero-order chi connectivity index (χ0) is 15.0. The number of aromatic nitrogens is 2. The van der Waals surface area contributed by atoms with Gasteiger partial charge < -0.3 is 10.6 Å². The van der Waals surface area contributed by atoms with E-state index in [1.165, 1.54) is 12.4 Å². The molecule has 3 N–H and O–H groups in total. The second-order valence-electron chi connectivity index (χ2n) is 3.95. The summed E-state index contributed by atoms with van der Waals surface area (Å²) in [4.78, 5) is 19.0. The largest absolute Gasteiger partial charge is 0.355 e. The Morgan fingerprint density at radius 3 is 2.45 bits per heavy atom. The molecular formula is C11H19N5O3S. The molecule has 0 unspecified atom stereocenters.